The van der Waals surface area contributed by atoms with E-state index < -0.39 is 48.8 Å². The van der Waals surface area contributed by atoms with Gasteiger partial charge in [0.05, 0.1) is 11.9 Å². The van der Waals surface area contributed by atoms with Gasteiger partial charge in [-0.3, -0.25) is 0 Å². The van der Waals surface area contributed by atoms with E-state index in [1.54, 1.807) is 0 Å². The van der Waals surface area contributed by atoms with Crippen molar-refractivity contribution in [3.8, 4) is 0 Å². The Labute approximate surface area is 127 Å². The number of carboxylic acids is 4. The van der Waals surface area contributed by atoms with E-state index in [1.165, 1.54) is 0 Å². The fourth-order valence-electron chi connectivity index (χ4n) is 0.526. The Morgan fingerprint density at radius 2 is 0.947 bits per heavy atom. The molecule has 11 heteroatoms. The maximum absolute atomic E-state index is 9.71. The molecular weight excluding hydrogens is 459 g/mol. The van der Waals surface area contributed by atoms with E-state index in [2.05, 4.69) is 0 Å². The third-order valence-corrected chi connectivity index (χ3v) is 1.38. The molecule has 4 N–H and O–H groups in total. The summed E-state index contributed by atoms with van der Waals surface area (Å²) >= 11 is 0. The van der Waals surface area contributed by atoms with E-state index >= 15 is 0 Å². The molecule has 0 heterocycles. The maximum atomic E-state index is 9.71. The molecule has 0 aliphatic carbocycles. The van der Waals surface area contributed by atoms with E-state index in [-0.39, 0.29) is 27.3 Å². The van der Waals surface area contributed by atoms with Gasteiger partial charge >= 0.3 is 0 Å². The molecule has 10 nitrogen and oxygen atoms in total. The predicted octanol–water partition coefficient (Wildman–Crippen LogP) is -7.97. The SMILES string of the molecule is NC(CC(=O)[O-])C(=O)[O-].NC(CC(=O)[O-])C(=O)[O-].[Pb]. The molecule has 0 saturated carbocycles. The van der Waals surface area contributed by atoms with Crippen molar-refractivity contribution in [2.24, 2.45) is 11.5 Å². The first-order chi connectivity index (χ1) is 8.07. The summed E-state index contributed by atoms with van der Waals surface area (Å²) in [5.74, 6) is -6.16. The van der Waals surface area contributed by atoms with Crippen LogP contribution in [0.5, 0.6) is 0 Å². The van der Waals surface area contributed by atoms with E-state index in [0.717, 1.165) is 0 Å². The zero-order valence-electron chi connectivity index (χ0n) is 9.49. The van der Waals surface area contributed by atoms with Gasteiger partial charge in [-0.2, -0.15) is 0 Å². The number of hydrogen-bond acceptors (Lipinski definition) is 10. The van der Waals surface area contributed by atoms with E-state index in [4.69, 9.17) is 11.5 Å². The zero-order chi connectivity index (χ0) is 14.9. The molecule has 0 saturated heterocycles. The van der Waals surface area contributed by atoms with Crippen LogP contribution in [0.1, 0.15) is 12.8 Å². The van der Waals surface area contributed by atoms with Crippen LogP contribution in [0.2, 0.25) is 0 Å². The summed E-state index contributed by atoms with van der Waals surface area (Å²) in [7, 11) is 0. The average molecular weight is 469 g/mol. The van der Waals surface area contributed by atoms with E-state index in [9.17, 15) is 39.6 Å². The molecule has 0 aliphatic rings. The molecule has 2 unspecified atom stereocenters. The quantitative estimate of drug-likeness (QED) is 0.350. The first-order valence-electron chi connectivity index (χ1n) is 4.40. The van der Waals surface area contributed by atoms with Crippen LogP contribution in [0.4, 0.5) is 0 Å². The first-order valence-corrected chi connectivity index (χ1v) is 4.40. The summed E-state index contributed by atoms with van der Waals surface area (Å²) in [6.07, 6.45) is -1.41. The van der Waals surface area contributed by atoms with Crippen molar-refractivity contribution < 1.29 is 39.6 Å². The summed E-state index contributed by atoms with van der Waals surface area (Å²) < 4.78 is 0. The Morgan fingerprint density at radius 1 is 0.737 bits per heavy atom. The van der Waals surface area contributed by atoms with Crippen LogP contribution in [-0.4, -0.2) is 63.3 Å². The Kier molecular flexibility index (Phi) is 14.2. The Balaban J connectivity index is -0.000000256. The van der Waals surface area contributed by atoms with Gasteiger partial charge in [0.1, 0.15) is 0 Å². The van der Waals surface area contributed by atoms with Gasteiger partial charge < -0.3 is 51.1 Å². The molecule has 0 amide bonds. The topological polar surface area (TPSA) is 213 Å². The van der Waals surface area contributed by atoms with Gasteiger partial charge in [0.2, 0.25) is 0 Å². The largest absolute Gasteiger partial charge is 0.550 e. The number of nitrogens with two attached hydrogens (primary N) is 2. The molecular formula is C8H10N2O8Pb-4. The number of aliphatic carboxylic acids is 4. The number of carbonyl (C=O) groups is 4. The van der Waals surface area contributed by atoms with E-state index in [0.29, 0.717) is 0 Å². The van der Waals surface area contributed by atoms with Crippen LogP contribution < -0.4 is 31.9 Å². The van der Waals surface area contributed by atoms with Crippen LogP contribution in [0.15, 0.2) is 0 Å². The second kappa shape index (κ2) is 11.8. The minimum absolute atomic E-state index is 0. The average Bonchev–Trinajstić information content (AvgIpc) is 2.16. The number of carboxylic acid groups (broad SMARTS) is 4. The standard InChI is InChI=1S/2C4H7NO4.Pb/c2*5-2(4(8)9)1-3(6)7;/h2*2H,1,5H2,(H,6,7)(H,8,9);/p-4. The molecule has 2 atom stereocenters. The summed E-state index contributed by atoms with van der Waals surface area (Å²) in [6, 6.07) is -2.93. The summed E-state index contributed by atoms with van der Waals surface area (Å²) in [4.78, 5) is 38.7. The Morgan fingerprint density at radius 3 is 1.00 bits per heavy atom. The zero-order valence-corrected chi connectivity index (χ0v) is 13.4. The minimum atomic E-state index is -1.58. The van der Waals surface area contributed by atoms with Crippen LogP contribution in [0, 0.1) is 0 Å². The van der Waals surface area contributed by atoms with Crippen molar-refractivity contribution >= 4 is 51.2 Å². The third-order valence-electron chi connectivity index (χ3n) is 1.38. The monoisotopic (exact) mass is 470 g/mol. The van der Waals surface area contributed by atoms with Gasteiger partial charge in [0.25, 0.3) is 0 Å². The van der Waals surface area contributed by atoms with E-state index in [1.807, 2.05) is 0 Å². The molecule has 0 aromatic carbocycles. The third kappa shape index (κ3) is 16.7. The molecule has 4 radical (unpaired) electrons. The fraction of sp³-hybridized carbons (Fsp3) is 0.500. The van der Waals surface area contributed by atoms with Gasteiger partial charge in [0.15, 0.2) is 0 Å². The van der Waals surface area contributed by atoms with Gasteiger partial charge in [-0.1, -0.05) is 0 Å². The number of carbonyl (C=O) groups excluding carboxylic acids is 4. The van der Waals surface area contributed by atoms with Crippen molar-refractivity contribution in [1.82, 2.24) is 0 Å². The molecule has 0 spiro atoms. The fourth-order valence-corrected chi connectivity index (χ4v) is 0.526. The van der Waals surface area contributed by atoms with Crippen LogP contribution in [-0.2, 0) is 19.2 Å². The maximum Gasteiger partial charge on any atom is 0.0586 e. The van der Waals surface area contributed by atoms with Gasteiger partial charge in [0, 0.05) is 64.2 Å². The molecule has 0 rings (SSSR count). The van der Waals surface area contributed by atoms with Crippen molar-refractivity contribution in [2.75, 3.05) is 0 Å². The smallest absolute Gasteiger partial charge is 0.0586 e. The van der Waals surface area contributed by atoms with Gasteiger partial charge in [-0.15, -0.1) is 0 Å². The minimum Gasteiger partial charge on any atom is -0.550 e. The predicted molar refractivity (Wildman–Crippen MR) is 51.0 cm³/mol. The summed E-state index contributed by atoms with van der Waals surface area (Å²) in [5.41, 5.74) is 9.47. The number of rotatable bonds is 6. The van der Waals surface area contributed by atoms with Crippen LogP contribution in [0.3, 0.4) is 0 Å². The molecule has 108 valence electrons. The number of hydrogen-bond donors (Lipinski definition) is 2. The van der Waals surface area contributed by atoms with Crippen molar-refractivity contribution in [1.29, 1.82) is 0 Å². The van der Waals surface area contributed by atoms with Crippen LogP contribution in [0.25, 0.3) is 0 Å². The normalized spacial score (nSPS) is 11.9. The van der Waals surface area contributed by atoms with Gasteiger partial charge in [-0.05, 0) is 0 Å². The van der Waals surface area contributed by atoms with Crippen LogP contribution >= 0.6 is 0 Å². The van der Waals surface area contributed by atoms with Crippen molar-refractivity contribution in [3.05, 3.63) is 0 Å². The van der Waals surface area contributed by atoms with Crippen molar-refractivity contribution in [2.45, 2.75) is 24.9 Å². The second-order valence-corrected chi connectivity index (χ2v) is 3.00. The molecule has 0 aromatic rings. The molecule has 0 aliphatic heterocycles. The molecule has 0 aromatic heterocycles. The van der Waals surface area contributed by atoms with Crippen molar-refractivity contribution in [3.63, 3.8) is 0 Å². The molecule has 19 heavy (non-hydrogen) atoms. The van der Waals surface area contributed by atoms with Gasteiger partial charge in [-0.25, -0.2) is 0 Å². The Hall–Kier alpha value is -1.28. The molecule has 0 bridgehead atoms. The molecule has 0 fully saturated rings. The summed E-state index contributed by atoms with van der Waals surface area (Å²) in [6.45, 7) is 0. The first kappa shape index (κ1) is 22.9. The summed E-state index contributed by atoms with van der Waals surface area (Å²) in [5, 5.41) is 38.7. The Bertz CT molecular complexity index is 303. The second-order valence-electron chi connectivity index (χ2n) is 3.00.